The van der Waals surface area contributed by atoms with Crippen LogP contribution < -0.4 is 4.74 Å². The summed E-state index contributed by atoms with van der Waals surface area (Å²) >= 11 is 0. The van der Waals surface area contributed by atoms with E-state index in [1.807, 2.05) is 42.5 Å². The van der Waals surface area contributed by atoms with E-state index in [4.69, 9.17) is 4.74 Å². The lowest BCUT2D eigenvalue weighted by Crippen LogP contribution is -2.03. The summed E-state index contributed by atoms with van der Waals surface area (Å²) < 4.78 is 5.65. The first-order valence-corrected chi connectivity index (χ1v) is 6.06. The molecule has 0 unspecified atom stereocenters. The van der Waals surface area contributed by atoms with E-state index in [-0.39, 0.29) is 0 Å². The molecule has 0 aliphatic rings. The lowest BCUT2D eigenvalue weighted by Gasteiger charge is -2.09. The number of rotatable bonds is 5. The number of benzene rings is 1. The number of pyridine rings is 1. The summed E-state index contributed by atoms with van der Waals surface area (Å²) in [6.07, 6.45) is 2.09. The Hall–Kier alpha value is -1.87. The van der Waals surface area contributed by atoms with Gasteiger partial charge in [0.25, 0.3) is 0 Å². The third-order valence-electron chi connectivity index (χ3n) is 2.69. The fraction of sp³-hybridized carbons (Fsp3) is 0.267. The van der Waals surface area contributed by atoms with E-state index in [0.717, 1.165) is 23.4 Å². The molecule has 0 bridgehead atoms. The number of nitrogens with zero attached hydrogens (tertiary/aromatic N) is 1. The van der Waals surface area contributed by atoms with E-state index in [1.54, 1.807) is 13.1 Å². The maximum atomic E-state index is 9.49. The summed E-state index contributed by atoms with van der Waals surface area (Å²) in [6, 6.07) is 13.4. The summed E-state index contributed by atoms with van der Waals surface area (Å²) in [4.78, 5) is 4.24. The van der Waals surface area contributed by atoms with Gasteiger partial charge in [0.05, 0.1) is 12.7 Å². The lowest BCUT2D eigenvalue weighted by molar-refractivity contribution is 0.198. The van der Waals surface area contributed by atoms with Gasteiger partial charge in [-0.3, -0.25) is 4.98 Å². The van der Waals surface area contributed by atoms with Crippen LogP contribution in [0.1, 0.15) is 24.3 Å². The van der Waals surface area contributed by atoms with E-state index >= 15 is 0 Å². The minimum Gasteiger partial charge on any atom is -0.493 e. The Bertz CT molecular complexity index is 483. The SMILES string of the molecule is C[C@H](O)c1cccc(OCCc2ccccn2)c1. The Kier molecular flexibility index (Phi) is 4.31. The van der Waals surface area contributed by atoms with Crippen LogP contribution in [0.3, 0.4) is 0 Å². The first-order chi connectivity index (χ1) is 8.75. The second kappa shape index (κ2) is 6.17. The molecule has 3 nitrogen and oxygen atoms in total. The summed E-state index contributed by atoms with van der Waals surface area (Å²) in [7, 11) is 0. The zero-order chi connectivity index (χ0) is 12.8. The standard InChI is InChI=1S/C15H17NO2/c1-12(17)13-5-4-7-15(11-13)18-10-8-14-6-2-3-9-16-14/h2-7,9,11-12,17H,8,10H2,1H3/t12-/m0/s1. The Morgan fingerprint density at radius 1 is 1.22 bits per heavy atom. The molecule has 94 valence electrons. The highest BCUT2D eigenvalue weighted by atomic mass is 16.5. The highest BCUT2D eigenvalue weighted by Gasteiger charge is 2.02. The Morgan fingerprint density at radius 3 is 2.83 bits per heavy atom. The van der Waals surface area contributed by atoms with Gasteiger partial charge in [-0.25, -0.2) is 0 Å². The van der Waals surface area contributed by atoms with Gasteiger partial charge in [-0.15, -0.1) is 0 Å². The third-order valence-corrected chi connectivity index (χ3v) is 2.69. The fourth-order valence-electron chi connectivity index (χ4n) is 1.68. The van der Waals surface area contributed by atoms with E-state index in [9.17, 15) is 5.11 Å². The smallest absolute Gasteiger partial charge is 0.119 e. The maximum absolute atomic E-state index is 9.49. The number of hydrogen-bond donors (Lipinski definition) is 1. The zero-order valence-corrected chi connectivity index (χ0v) is 10.4. The summed E-state index contributed by atoms with van der Waals surface area (Å²) in [5.74, 6) is 0.782. The molecule has 0 aliphatic heterocycles. The number of aromatic nitrogens is 1. The molecule has 1 aromatic heterocycles. The van der Waals surface area contributed by atoms with Gasteiger partial charge in [-0.2, -0.15) is 0 Å². The molecular formula is C15H17NO2. The molecule has 0 saturated carbocycles. The second-order valence-electron chi connectivity index (χ2n) is 4.17. The largest absolute Gasteiger partial charge is 0.493 e. The lowest BCUT2D eigenvalue weighted by atomic mass is 10.1. The second-order valence-corrected chi connectivity index (χ2v) is 4.17. The van der Waals surface area contributed by atoms with E-state index < -0.39 is 6.10 Å². The van der Waals surface area contributed by atoms with Crippen molar-refractivity contribution in [2.75, 3.05) is 6.61 Å². The molecule has 1 aromatic carbocycles. The van der Waals surface area contributed by atoms with E-state index in [1.165, 1.54) is 0 Å². The number of ether oxygens (including phenoxy) is 1. The van der Waals surface area contributed by atoms with Gasteiger partial charge in [0.2, 0.25) is 0 Å². The molecule has 0 amide bonds. The van der Waals surface area contributed by atoms with Crippen LogP contribution in [-0.4, -0.2) is 16.7 Å². The van der Waals surface area contributed by atoms with Gasteiger partial charge < -0.3 is 9.84 Å². The van der Waals surface area contributed by atoms with Crippen molar-refractivity contribution in [2.45, 2.75) is 19.4 Å². The van der Waals surface area contributed by atoms with E-state index in [0.29, 0.717) is 6.61 Å². The van der Waals surface area contributed by atoms with Crippen molar-refractivity contribution >= 4 is 0 Å². The maximum Gasteiger partial charge on any atom is 0.119 e. The molecule has 1 N–H and O–H groups in total. The predicted molar refractivity (Wildman–Crippen MR) is 70.5 cm³/mol. The molecule has 0 fully saturated rings. The molecule has 3 heteroatoms. The van der Waals surface area contributed by atoms with Crippen molar-refractivity contribution in [2.24, 2.45) is 0 Å². The third kappa shape index (κ3) is 3.57. The summed E-state index contributed by atoms with van der Waals surface area (Å²) in [5.41, 5.74) is 1.88. The molecule has 0 spiro atoms. The normalized spacial score (nSPS) is 12.1. The van der Waals surface area contributed by atoms with Crippen molar-refractivity contribution in [1.29, 1.82) is 0 Å². The minimum absolute atomic E-state index is 0.468. The summed E-state index contributed by atoms with van der Waals surface area (Å²) in [6.45, 7) is 2.33. The van der Waals surface area contributed by atoms with E-state index in [2.05, 4.69) is 4.98 Å². The van der Waals surface area contributed by atoms with Crippen LogP contribution in [0, 0.1) is 0 Å². The van der Waals surface area contributed by atoms with Crippen LogP contribution >= 0.6 is 0 Å². The Labute approximate surface area is 107 Å². The highest BCUT2D eigenvalue weighted by molar-refractivity contribution is 5.29. The molecule has 2 rings (SSSR count). The minimum atomic E-state index is -0.468. The zero-order valence-electron chi connectivity index (χ0n) is 10.4. The molecule has 2 aromatic rings. The Morgan fingerprint density at radius 2 is 2.11 bits per heavy atom. The van der Waals surface area contributed by atoms with Crippen LogP contribution in [0.25, 0.3) is 0 Å². The molecule has 0 radical (unpaired) electrons. The molecule has 1 atom stereocenters. The quantitative estimate of drug-likeness (QED) is 0.878. The first-order valence-electron chi connectivity index (χ1n) is 6.06. The van der Waals surface area contributed by atoms with Crippen molar-refractivity contribution < 1.29 is 9.84 Å². The average molecular weight is 243 g/mol. The molecule has 0 saturated heterocycles. The van der Waals surface area contributed by atoms with Gasteiger partial charge in [0, 0.05) is 18.3 Å². The Balaban J connectivity index is 1.89. The van der Waals surface area contributed by atoms with Gasteiger partial charge in [0.15, 0.2) is 0 Å². The number of aliphatic hydroxyl groups excluding tert-OH is 1. The predicted octanol–water partition coefficient (Wildman–Crippen LogP) is 2.76. The van der Waals surface area contributed by atoms with Crippen LogP contribution in [0.2, 0.25) is 0 Å². The molecule has 0 aliphatic carbocycles. The van der Waals surface area contributed by atoms with Crippen LogP contribution in [-0.2, 0) is 6.42 Å². The first kappa shape index (κ1) is 12.6. The monoisotopic (exact) mass is 243 g/mol. The molecular weight excluding hydrogens is 226 g/mol. The van der Waals surface area contributed by atoms with Gasteiger partial charge in [-0.05, 0) is 36.8 Å². The fourth-order valence-corrected chi connectivity index (χ4v) is 1.68. The average Bonchev–Trinajstić information content (AvgIpc) is 2.40. The van der Waals surface area contributed by atoms with Crippen LogP contribution in [0.5, 0.6) is 5.75 Å². The van der Waals surface area contributed by atoms with Gasteiger partial charge in [-0.1, -0.05) is 18.2 Å². The van der Waals surface area contributed by atoms with Crippen molar-refractivity contribution in [3.63, 3.8) is 0 Å². The highest BCUT2D eigenvalue weighted by Crippen LogP contribution is 2.18. The van der Waals surface area contributed by atoms with Crippen LogP contribution in [0.15, 0.2) is 48.7 Å². The van der Waals surface area contributed by atoms with Crippen molar-refractivity contribution in [3.05, 3.63) is 59.9 Å². The van der Waals surface area contributed by atoms with Crippen LogP contribution in [0.4, 0.5) is 0 Å². The number of hydrogen-bond acceptors (Lipinski definition) is 3. The van der Waals surface area contributed by atoms with Crippen molar-refractivity contribution in [1.82, 2.24) is 4.98 Å². The van der Waals surface area contributed by atoms with Crippen molar-refractivity contribution in [3.8, 4) is 5.75 Å². The molecule has 18 heavy (non-hydrogen) atoms. The number of aliphatic hydroxyl groups is 1. The topological polar surface area (TPSA) is 42.4 Å². The van der Waals surface area contributed by atoms with Gasteiger partial charge in [0.1, 0.15) is 5.75 Å². The van der Waals surface area contributed by atoms with Gasteiger partial charge >= 0.3 is 0 Å². The summed E-state index contributed by atoms with van der Waals surface area (Å²) in [5, 5.41) is 9.49. The molecule has 1 heterocycles.